The van der Waals surface area contributed by atoms with Gasteiger partial charge in [0.15, 0.2) is 11.5 Å². The van der Waals surface area contributed by atoms with Gasteiger partial charge in [-0.15, -0.1) is 0 Å². The Hall–Kier alpha value is -0.780. The van der Waals surface area contributed by atoms with Crippen LogP contribution in [0.1, 0.15) is 18.4 Å². The minimum absolute atomic E-state index is 0.324. The minimum atomic E-state index is 0.324. The molecule has 1 atom stereocenters. The molecule has 1 aromatic carbocycles. The molecule has 20 heavy (non-hydrogen) atoms. The van der Waals surface area contributed by atoms with E-state index in [0.717, 1.165) is 28.4 Å². The van der Waals surface area contributed by atoms with Crippen molar-refractivity contribution >= 4 is 15.9 Å². The maximum atomic E-state index is 5.47. The number of benzene rings is 1. The van der Waals surface area contributed by atoms with Gasteiger partial charge in [0.05, 0.1) is 4.47 Å². The summed E-state index contributed by atoms with van der Waals surface area (Å²) in [5, 5.41) is 3.73. The van der Waals surface area contributed by atoms with E-state index in [4.69, 9.17) is 9.47 Å². The number of fused-ring (bicyclic) bond motifs is 4. The van der Waals surface area contributed by atoms with Crippen molar-refractivity contribution in [2.24, 2.45) is 5.92 Å². The highest BCUT2D eigenvalue weighted by molar-refractivity contribution is 9.10. The third kappa shape index (κ3) is 2.32. The lowest BCUT2D eigenvalue weighted by molar-refractivity contribution is 0.0720. The molecule has 1 unspecified atom stereocenters. The summed E-state index contributed by atoms with van der Waals surface area (Å²) in [6, 6.07) is 4.85. The summed E-state index contributed by atoms with van der Waals surface area (Å²) in [6.07, 6.45) is 2.70. The normalized spacial score (nSPS) is 30.8. The van der Waals surface area contributed by atoms with Gasteiger partial charge in [-0.2, -0.15) is 0 Å². The topological polar surface area (TPSA) is 33.7 Å². The molecule has 2 bridgehead atoms. The molecule has 0 aliphatic carbocycles. The van der Waals surface area contributed by atoms with E-state index in [2.05, 4.69) is 38.3 Å². The lowest BCUT2D eigenvalue weighted by Crippen LogP contribution is -2.55. The van der Waals surface area contributed by atoms with E-state index in [1.807, 2.05) is 0 Å². The minimum Gasteiger partial charge on any atom is -0.454 e. The van der Waals surface area contributed by atoms with Gasteiger partial charge in [-0.3, -0.25) is 0 Å². The summed E-state index contributed by atoms with van der Waals surface area (Å²) in [4.78, 5) is 2.58. The van der Waals surface area contributed by atoms with Crippen LogP contribution in [-0.2, 0) is 6.54 Å². The first kappa shape index (κ1) is 12.9. The zero-order chi connectivity index (χ0) is 13.5. The van der Waals surface area contributed by atoms with Gasteiger partial charge >= 0.3 is 0 Å². The molecule has 0 amide bonds. The Morgan fingerprint density at radius 2 is 2.10 bits per heavy atom. The molecule has 4 nitrogen and oxygen atoms in total. The Labute approximate surface area is 127 Å². The van der Waals surface area contributed by atoms with Crippen LogP contribution in [-0.4, -0.2) is 37.4 Å². The van der Waals surface area contributed by atoms with Gasteiger partial charge in [0, 0.05) is 19.1 Å². The Balaban J connectivity index is 1.44. The number of ether oxygens (including phenoxy) is 2. The molecule has 4 aliphatic rings. The largest absolute Gasteiger partial charge is 0.454 e. The van der Waals surface area contributed by atoms with Crippen LogP contribution in [0.15, 0.2) is 16.6 Å². The van der Waals surface area contributed by atoms with Crippen LogP contribution in [0.3, 0.4) is 0 Å². The Kier molecular flexibility index (Phi) is 3.36. The highest BCUT2D eigenvalue weighted by Crippen LogP contribution is 2.40. The number of halogens is 1. The van der Waals surface area contributed by atoms with Crippen LogP contribution >= 0.6 is 15.9 Å². The Morgan fingerprint density at radius 1 is 1.25 bits per heavy atom. The fraction of sp³-hybridized carbons (Fsp3) is 0.600. The SMILES string of the molecule is Brc1cc(CNC2CN3CCC2CC3)cc2c1OCO2. The molecule has 1 N–H and O–H groups in total. The lowest BCUT2D eigenvalue weighted by atomic mass is 9.84. The summed E-state index contributed by atoms with van der Waals surface area (Å²) in [5.41, 5.74) is 1.25. The molecular weight excluding hydrogens is 320 g/mol. The van der Waals surface area contributed by atoms with Crippen LogP contribution in [0.5, 0.6) is 11.5 Å². The van der Waals surface area contributed by atoms with Crippen molar-refractivity contribution in [3.63, 3.8) is 0 Å². The molecule has 108 valence electrons. The molecule has 0 aromatic heterocycles. The van der Waals surface area contributed by atoms with Crippen LogP contribution in [0, 0.1) is 5.92 Å². The van der Waals surface area contributed by atoms with E-state index >= 15 is 0 Å². The zero-order valence-electron chi connectivity index (χ0n) is 11.4. The van der Waals surface area contributed by atoms with Crippen LogP contribution in [0.25, 0.3) is 0 Å². The maximum absolute atomic E-state index is 5.47. The van der Waals surface area contributed by atoms with Crippen molar-refractivity contribution in [3.8, 4) is 11.5 Å². The molecule has 1 aromatic rings. The monoisotopic (exact) mass is 338 g/mol. The average Bonchev–Trinajstić information content (AvgIpc) is 2.95. The third-order valence-corrected chi connectivity index (χ3v) is 5.30. The van der Waals surface area contributed by atoms with Crippen LogP contribution in [0.2, 0.25) is 0 Å². The van der Waals surface area contributed by atoms with E-state index in [1.54, 1.807) is 0 Å². The second-order valence-corrected chi connectivity index (χ2v) is 6.79. The van der Waals surface area contributed by atoms with Crippen molar-refractivity contribution in [2.45, 2.75) is 25.4 Å². The molecule has 0 saturated carbocycles. The van der Waals surface area contributed by atoms with Crippen molar-refractivity contribution in [1.82, 2.24) is 10.2 Å². The average molecular weight is 339 g/mol. The summed E-state index contributed by atoms with van der Waals surface area (Å²) in [6.45, 7) is 5.00. The number of hydrogen-bond acceptors (Lipinski definition) is 4. The van der Waals surface area contributed by atoms with Crippen LogP contribution in [0.4, 0.5) is 0 Å². The van der Waals surface area contributed by atoms with Crippen molar-refractivity contribution in [3.05, 3.63) is 22.2 Å². The fourth-order valence-electron chi connectivity index (χ4n) is 3.57. The van der Waals surface area contributed by atoms with Crippen LogP contribution < -0.4 is 14.8 Å². The van der Waals surface area contributed by atoms with Gasteiger partial charge < -0.3 is 19.7 Å². The third-order valence-electron chi connectivity index (χ3n) is 4.71. The van der Waals surface area contributed by atoms with Gasteiger partial charge in [-0.05, 0) is 65.5 Å². The standard InChI is InChI=1S/C15H19BrN2O2/c16-12-5-10(6-14-15(12)20-9-19-14)7-17-13-8-18-3-1-11(13)2-4-18/h5-6,11,13,17H,1-4,7-9H2. The molecule has 4 heterocycles. The molecule has 4 aliphatic heterocycles. The van der Waals surface area contributed by atoms with Gasteiger partial charge in [0.25, 0.3) is 0 Å². The van der Waals surface area contributed by atoms with E-state index in [0.29, 0.717) is 12.8 Å². The first-order valence-corrected chi connectivity index (χ1v) is 8.12. The lowest BCUT2D eigenvalue weighted by Gasteiger charge is -2.45. The molecule has 0 spiro atoms. The molecular formula is C15H19BrN2O2. The first-order chi connectivity index (χ1) is 9.79. The fourth-order valence-corrected chi connectivity index (χ4v) is 4.17. The second kappa shape index (κ2) is 5.20. The number of piperidine rings is 3. The van der Waals surface area contributed by atoms with E-state index < -0.39 is 0 Å². The number of rotatable bonds is 3. The van der Waals surface area contributed by atoms with Gasteiger partial charge in [-0.1, -0.05) is 0 Å². The highest BCUT2D eigenvalue weighted by Gasteiger charge is 2.33. The zero-order valence-corrected chi connectivity index (χ0v) is 13.0. The van der Waals surface area contributed by atoms with Crippen molar-refractivity contribution in [1.29, 1.82) is 0 Å². The van der Waals surface area contributed by atoms with E-state index in [1.165, 1.54) is 38.0 Å². The first-order valence-electron chi connectivity index (χ1n) is 7.33. The Bertz CT molecular complexity index is 515. The van der Waals surface area contributed by atoms with E-state index in [-0.39, 0.29) is 0 Å². The second-order valence-electron chi connectivity index (χ2n) is 5.94. The molecule has 5 heteroatoms. The maximum Gasteiger partial charge on any atom is 0.231 e. The molecule has 5 rings (SSSR count). The summed E-state index contributed by atoms with van der Waals surface area (Å²) < 4.78 is 11.9. The number of nitrogens with one attached hydrogen (secondary N) is 1. The van der Waals surface area contributed by atoms with Crippen molar-refractivity contribution < 1.29 is 9.47 Å². The summed E-state index contributed by atoms with van der Waals surface area (Å²) >= 11 is 3.56. The Morgan fingerprint density at radius 3 is 2.85 bits per heavy atom. The van der Waals surface area contributed by atoms with Crippen molar-refractivity contribution in [2.75, 3.05) is 26.4 Å². The quantitative estimate of drug-likeness (QED) is 0.917. The van der Waals surface area contributed by atoms with Gasteiger partial charge in [0.2, 0.25) is 6.79 Å². The van der Waals surface area contributed by atoms with Gasteiger partial charge in [-0.25, -0.2) is 0 Å². The molecule has 3 saturated heterocycles. The van der Waals surface area contributed by atoms with Gasteiger partial charge in [0.1, 0.15) is 0 Å². The summed E-state index contributed by atoms with van der Waals surface area (Å²) in [7, 11) is 0. The smallest absolute Gasteiger partial charge is 0.231 e. The van der Waals surface area contributed by atoms with E-state index in [9.17, 15) is 0 Å². The summed E-state index contributed by atoms with van der Waals surface area (Å²) in [5.74, 6) is 2.54. The predicted octanol–water partition coefficient (Wildman–Crippen LogP) is 2.36. The number of nitrogens with zero attached hydrogens (tertiary/aromatic N) is 1. The molecule has 0 radical (unpaired) electrons. The molecule has 3 fully saturated rings. The highest BCUT2D eigenvalue weighted by atomic mass is 79.9. The predicted molar refractivity (Wildman–Crippen MR) is 80.1 cm³/mol. The number of hydrogen-bond donors (Lipinski definition) is 1.